The van der Waals surface area contributed by atoms with E-state index in [1.54, 1.807) is 6.20 Å². The summed E-state index contributed by atoms with van der Waals surface area (Å²) >= 11 is 0. The summed E-state index contributed by atoms with van der Waals surface area (Å²) in [6.45, 7) is 5.57. The van der Waals surface area contributed by atoms with Gasteiger partial charge in [-0.05, 0) is 43.7 Å². The van der Waals surface area contributed by atoms with Gasteiger partial charge in [-0.15, -0.1) is 0 Å². The predicted molar refractivity (Wildman–Crippen MR) is 93.5 cm³/mol. The molecule has 1 atom stereocenters. The number of hydrogen-bond donors (Lipinski definition) is 0. The zero-order valence-corrected chi connectivity index (χ0v) is 14.3. The van der Waals surface area contributed by atoms with Crippen LogP contribution in [0.3, 0.4) is 0 Å². The van der Waals surface area contributed by atoms with E-state index < -0.39 is 0 Å². The average molecular weight is 336 g/mol. The first-order chi connectivity index (χ1) is 12.1. The molecule has 0 spiro atoms. The molecule has 0 saturated carbocycles. The summed E-state index contributed by atoms with van der Waals surface area (Å²) in [4.78, 5) is 23.4. The Kier molecular flexibility index (Phi) is 3.97. The van der Waals surface area contributed by atoms with Gasteiger partial charge in [0, 0.05) is 30.3 Å². The van der Waals surface area contributed by atoms with Gasteiger partial charge in [-0.2, -0.15) is 0 Å². The highest BCUT2D eigenvalue weighted by molar-refractivity contribution is 5.93. The number of morpholine rings is 1. The minimum absolute atomic E-state index is 0.0535. The molecule has 3 aromatic heterocycles. The van der Waals surface area contributed by atoms with Gasteiger partial charge in [-0.25, -0.2) is 4.98 Å². The second kappa shape index (κ2) is 6.29. The summed E-state index contributed by atoms with van der Waals surface area (Å²) in [5, 5.41) is 0. The fourth-order valence-corrected chi connectivity index (χ4v) is 3.22. The molecule has 0 bridgehead atoms. The normalized spacial score (nSPS) is 17.8. The van der Waals surface area contributed by atoms with Crippen molar-refractivity contribution in [2.24, 2.45) is 0 Å². The van der Waals surface area contributed by atoms with E-state index in [-0.39, 0.29) is 12.0 Å². The van der Waals surface area contributed by atoms with E-state index >= 15 is 0 Å². The predicted octanol–water partition coefficient (Wildman–Crippen LogP) is 2.56. The SMILES string of the molecule is Cc1cc(C2CN(C(=O)c3cn4c(C)cccc4n3)CCO2)ccn1. The molecule has 4 rings (SSSR count). The van der Waals surface area contributed by atoms with Crippen molar-refractivity contribution in [1.82, 2.24) is 19.3 Å². The lowest BCUT2D eigenvalue weighted by Gasteiger charge is -2.32. The number of aryl methyl sites for hydroxylation is 2. The van der Waals surface area contributed by atoms with Crippen molar-refractivity contribution in [3.05, 3.63) is 65.4 Å². The number of carbonyl (C=O) groups is 1. The Morgan fingerprint density at radius 1 is 1.28 bits per heavy atom. The van der Waals surface area contributed by atoms with Crippen molar-refractivity contribution in [2.75, 3.05) is 19.7 Å². The summed E-state index contributed by atoms with van der Waals surface area (Å²) in [6, 6.07) is 9.81. The molecule has 6 nitrogen and oxygen atoms in total. The number of carbonyl (C=O) groups excluding carboxylic acids is 1. The number of aromatic nitrogens is 3. The van der Waals surface area contributed by atoms with E-state index in [0.29, 0.717) is 25.4 Å². The van der Waals surface area contributed by atoms with Crippen molar-refractivity contribution >= 4 is 11.6 Å². The van der Waals surface area contributed by atoms with Crippen LogP contribution in [0.5, 0.6) is 0 Å². The van der Waals surface area contributed by atoms with Crippen LogP contribution in [-0.4, -0.2) is 44.9 Å². The Hall–Kier alpha value is -2.73. The minimum atomic E-state index is -0.127. The largest absolute Gasteiger partial charge is 0.370 e. The molecule has 0 N–H and O–H groups in total. The Morgan fingerprint density at radius 2 is 2.16 bits per heavy atom. The summed E-state index contributed by atoms with van der Waals surface area (Å²) in [5.41, 5.74) is 4.31. The van der Waals surface area contributed by atoms with E-state index in [4.69, 9.17) is 4.74 Å². The van der Waals surface area contributed by atoms with Gasteiger partial charge in [0.1, 0.15) is 17.4 Å². The highest BCUT2D eigenvalue weighted by atomic mass is 16.5. The zero-order chi connectivity index (χ0) is 17.4. The lowest BCUT2D eigenvalue weighted by atomic mass is 10.1. The first-order valence-electron chi connectivity index (χ1n) is 8.40. The van der Waals surface area contributed by atoms with Crippen LogP contribution in [0.25, 0.3) is 5.65 Å². The second-order valence-corrected chi connectivity index (χ2v) is 6.36. The lowest BCUT2D eigenvalue weighted by molar-refractivity contribution is -0.0230. The monoisotopic (exact) mass is 336 g/mol. The van der Waals surface area contributed by atoms with Crippen LogP contribution in [0.1, 0.15) is 33.5 Å². The number of pyridine rings is 2. The summed E-state index contributed by atoms with van der Waals surface area (Å²) in [7, 11) is 0. The quantitative estimate of drug-likeness (QED) is 0.722. The maximum Gasteiger partial charge on any atom is 0.274 e. The second-order valence-electron chi connectivity index (χ2n) is 6.36. The molecule has 1 saturated heterocycles. The summed E-state index contributed by atoms with van der Waals surface area (Å²) in [6.07, 6.45) is 3.46. The standard InChI is InChI=1S/C19H20N4O2/c1-13-10-15(6-7-20-13)17-12-22(8-9-25-17)19(24)16-11-23-14(2)4-3-5-18(23)21-16/h3-7,10-11,17H,8-9,12H2,1-2H3. The molecular formula is C19H20N4O2. The van der Waals surface area contributed by atoms with Crippen molar-refractivity contribution < 1.29 is 9.53 Å². The number of rotatable bonds is 2. The van der Waals surface area contributed by atoms with E-state index in [1.165, 1.54) is 0 Å². The molecule has 1 aliphatic rings. The van der Waals surface area contributed by atoms with Gasteiger partial charge in [-0.1, -0.05) is 6.07 Å². The number of hydrogen-bond acceptors (Lipinski definition) is 4. The number of nitrogens with zero attached hydrogens (tertiary/aromatic N) is 4. The van der Waals surface area contributed by atoms with Crippen molar-refractivity contribution in [3.63, 3.8) is 0 Å². The molecule has 4 heterocycles. The lowest BCUT2D eigenvalue weighted by Crippen LogP contribution is -2.42. The van der Waals surface area contributed by atoms with Gasteiger partial charge in [0.15, 0.2) is 0 Å². The Balaban J connectivity index is 1.57. The zero-order valence-electron chi connectivity index (χ0n) is 14.3. The molecule has 1 fully saturated rings. The third-order valence-corrected chi connectivity index (χ3v) is 4.56. The van der Waals surface area contributed by atoms with Gasteiger partial charge in [0.2, 0.25) is 0 Å². The molecule has 128 valence electrons. The van der Waals surface area contributed by atoms with Gasteiger partial charge < -0.3 is 14.0 Å². The fraction of sp³-hybridized carbons (Fsp3) is 0.316. The van der Waals surface area contributed by atoms with Crippen LogP contribution in [0, 0.1) is 13.8 Å². The van der Waals surface area contributed by atoms with Crippen molar-refractivity contribution in [3.8, 4) is 0 Å². The molecule has 1 amide bonds. The Morgan fingerprint density at radius 3 is 2.96 bits per heavy atom. The first kappa shape index (κ1) is 15.8. The van der Waals surface area contributed by atoms with Gasteiger partial charge in [-0.3, -0.25) is 9.78 Å². The molecule has 0 aliphatic carbocycles. The first-order valence-corrected chi connectivity index (χ1v) is 8.40. The number of ether oxygens (including phenoxy) is 1. The molecule has 3 aromatic rings. The third kappa shape index (κ3) is 3.00. The van der Waals surface area contributed by atoms with Crippen LogP contribution < -0.4 is 0 Å². The van der Waals surface area contributed by atoms with E-state index in [2.05, 4.69) is 9.97 Å². The smallest absolute Gasteiger partial charge is 0.274 e. The molecule has 0 aromatic carbocycles. The van der Waals surface area contributed by atoms with Crippen LogP contribution in [0.2, 0.25) is 0 Å². The molecule has 1 unspecified atom stereocenters. The van der Waals surface area contributed by atoms with Crippen molar-refractivity contribution in [2.45, 2.75) is 20.0 Å². The number of imidazole rings is 1. The van der Waals surface area contributed by atoms with Crippen LogP contribution in [-0.2, 0) is 4.74 Å². The van der Waals surface area contributed by atoms with E-state index in [1.807, 2.05) is 59.7 Å². The third-order valence-electron chi connectivity index (χ3n) is 4.56. The van der Waals surface area contributed by atoms with Gasteiger partial charge in [0.25, 0.3) is 5.91 Å². The van der Waals surface area contributed by atoms with Crippen LogP contribution in [0.15, 0.2) is 42.7 Å². The maximum absolute atomic E-state index is 12.9. The maximum atomic E-state index is 12.9. The Bertz CT molecular complexity index is 934. The van der Waals surface area contributed by atoms with Crippen LogP contribution in [0.4, 0.5) is 0 Å². The van der Waals surface area contributed by atoms with Gasteiger partial charge in [0.05, 0.1) is 13.2 Å². The number of fused-ring (bicyclic) bond motifs is 1. The summed E-state index contributed by atoms with van der Waals surface area (Å²) < 4.78 is 7.81. The number of amides is 1. The van der Waals surface area contributed by atoms with Crippen molar-refractivity contribution in [1.29, 1.82) is 0 Å². The topological polar surface area (TPSA) is 59.7 Å². The molecule has 0 radical (unpaired) electrons. The van der Waals surface area contributed by atoms with Crippen LogP contribution >= 0.6 is 0 Å². The van der Waals surface area contributed by atoms with E-state index in [0.717, 1.165) is 22.6 Å². The molecule has 1 aliphatic heterocycles. The molecule has 6 heteroatoms. The molecule has 25 heavy (non-hydrogen) atoms. The highest BCUT2D eigenvalue weighted by Gasteiger charge is 2.27. The highest BCUT2D eigenvalue weighted by Crippen LogP contribution is 2.23. The molecular weight excluding hydrogens is 316 g/mol. The summed E-state index contributed by atoms with van der Waals surface area (Å²) in [5.74, 6) is -0.0535. The average Bonchev–Trinajstić information content (AvgIpc) is 3.07. The Labute approximate surface area is 146 Å². The minimum Gasteiger partial charge on any atom is -0.370 e. The van der Waals surface area contributed by atoms with Gasteiger partial charge >= 0.3 is 0 Å². The van der Waals surface area contributed by atoms with E-state index in [9.17, 15) is 4.79 Å². The fourth-order valence-electron chi connectivity index (χ4n) is 3.22.